The monoisotopic (exact) mass is 379 g/mol. The normalized spacial score (nSPS) is 31.9. The van der Waals surface area contributed by atoms with Gasteiger partial charge in [0.2, 0.25) is 0 Å². The minimum absolute atomic E-state index is 0.0246. The lowest BCUT2D eigenvalue weighted by Crippen LogP contribution is -2.56. The van der Waals surface area contributed by atoms with Gasteiger partial charge in [0.25, 0.3) is 5.91 Å². The van der Waals surface area contributed by atoms with Crippen LogP contribution in [0.15, 0.2) is 30.0 Å². The van der Waals surface area contributed by atoms with Gasteiger partial charge in [0, 0.05) is 12.2 Å². The Morgan fingerprint density at radius 1 is 1.25 bits per heavy atom. The summed E-state index contributed by atoms with van der Waals surface area (Å²) >= 11 is 0. The highest BCUT2D eigenvalue weighted by Gasteiger charge is 2.53. The topological polar surface area (TPSA) is 85.2 Å². The van der Waals surface area contributed by atoms with Gasteiger partial charge in [-0.05, 0) is 93.2 Å². The Kier molecular flexibility index (Phi) is 4.82. The largest absolute Gasteiger partial charge is 0.506 e. The zero-order valence-electron chi connectivity index (χ0n) is 16.7. The zero-order valence-corrected chi connectivity index (χ0v) is 16.7. The van der Waals surface area contributed by atoms with Gasteiger partial charge < -0.3 is 15.7 Å². The summed E-state index contributed by atoms with van der Waals surface area (Å²) in [6.07, 6.45) is 9.12. The lowest BCUT2D eigenvalue weighted by atomic mass is 9.48. The van der Waals surface area contributed by atoms with E-state index in [2.05, 4.69) is 17.6 Å². The number of hydrogen-bond acceptors (Lipinski definition) is 4. The molecule has 4 aliphatic rings. The molecule has 4 saturated carbocycles. The molecule has 1 aromatic carbocycles. The third kappa shape index (κ3) is 3.48. The number of aryl methyl sites for hydroxylation is 1. The Morgan fingerprint density at radius 3 is 2.39 bits per heavy atom. The second kappa shape index (κ2) is 7.16. The van der Waals surface area contributed by atoms with Gasteiger partial charge in [-0.1, -0.05) is 6.07 Å². The van der Waals surface area contributed by atoms with E-state index in [9.17, 15) is 15.2 Å². The Morgan fingerprint density at radius 2 is 1.86 bits per heavy atom. The molecule has 5 heteroatoms. The van der Waals surface area contributed by atoms with Crippen molar-refractivity contribution >= 4 is 11.6 Å². The van der Waals surface area contributed by atoms with Crippen LogP contribution in [0.2, 0.25) is 0 Å². The summed E-state index contributed by atoms with van der Waals surface area (Å²) < 4.78 is 0. The molecule has 0 aliphatic heterocycles. The van der Waals surface area contributed by atoms with Crippen molar-refractivity contribution in [3.05, 3.63) is 35.5 Å². The number of nitrogens with one attached hydrogen (secondary N) is 2. The van der Waals surface area contributed by atoms with E-state index in [1.54, 1.807) is 12.1 Å². The predicted molar refractivity (Wildman–Crippen MR) is 108 cm³/mol. The molecule has 1 atom stereocenters. The molecule has 28 heavy (non-hydrogen) atoms. The molecule has 0 heterocycles. The van der Waals surface area contributed by atoms with Crippen molar-refractivity contribution in [1.82, 2.24) is 5.32 Å². The van der Waals surface area contributed by atoms with Crippen LogP contribution in [0.5, 0.6) is 5.75 Å². The Hall–Kier alpha value is -2.48. The standard InChI is InChI=1S/C23H29N3O2/c1-14-3-4-20(21(27)5-14)25-13-19(12-24)22(28)26-15(2)23-9-16-6-17(10-23)8-18(7-16)11-23/h3-5,13,15-18,25,27H,6-11H2,1-2H3,(H,26,28)/b19-13-. The second-order valence-corrected chi connectivity index (χ2v) is 9.31. The SMILES string of the molecule is Cc1ccc(N/C=C(/C#N)C(=O)NC(C)C23CC4CC(CC(C4)C2)C3)c(O)c1. The number of hydrogen-bond donors (Lipinski definition) is 3. The number of nitriles is 1. The number of carbonyl (C=O) groups excluding carboxylic acids is 1. The summed E-state index contributed by atoms with van der Waals surface area (Å²) in [6.45, 7) is 4.00. The molecular formula is C23H29N3O2. The molecule has 5 nitrogen and oxygen atoms in total. The minimum Gasteiger partial charge on any atom is -0.506 e. The Bertz CT molecular complexity index is 817. The predicted octanol–water partition coefficient (Wildman–Crippen LogP) is 4.24. The van der Waals surface area contributed by atoms with Crippen LogP contribution in [0.25, 0.3) is 0 Å². The van der Waals surface area contributed by atoms with Crippen LogP contribution in [0, 0.1) is 41.4 Å². The zero-order chi connectivity index (χ0) is 19.9. The molecule has 1 amide bonds. The molecule has 148 valence electrons. The molecule has 5 rings (SSSR count). The van der Waals surface area contributed by atoms with Crippen molar-refractivity contribution in [2.24, 2.45) is 23.2 Å². The summed E-state index contributed by atoms with van der Waals surface area (Å²) in [5, 5.41) is 25.4. The highest BCUT2D eigenvalue weighted by Crippen LogP contribution is 2.61. The number of carbonyl (C=O) groups is 1. The first-order valence-electron chi connectivity index (χ1n) is 10.4. The van der Waals surface area contributed by atoms with Crippen LogP contribution in [0.3, 0.4) is 0 Å². The number of rotatable bonds is 5. The Labute approximate surface area is 166 Å². The molecule has 0 aromatic heterocycles. The third-order valence-corrected chi connectivity index (χ3v) is 7.24. The highest BCUT2D eigenvalue weighted by atomic mass is 16.3. The first-order valence-corrected chi connectivity index (χ1v) is 10.4. The van der Waals surface area contributed by atoms with E-state index < -0.39 is 0 Å². The fourth-order valence-corrected chi connectivity index (χ4v) is 6.20. The molecule has 4 aliphatic carbocycles. The lowest BCUT2D eigenvalue weighted by Gasteiger charge is -2.59. The van der Waals surface area contributed by atoms with Crippen LogP contribution in [-0.4, -0.2) is 17.1 Å². The average molecular weight is 380 g/mol. The van der Waals surface area contributed by atoms with E-state index >= 15 is 0 Å². The van der Waals surface area contributed by atoms with Gasteiger partial charge in [0.05, 0.1) is 5.69 Å². The fraction of sp³-hybridized carbons (Fsp3) is 0.565. The lowest BCUT2D eigenvalue weighted by molar-refractivity contribution is -0.122. The number of amides is 1. The van der Waals surface area contributed by atoms with Crippen molar-refractivity contribution in [2.45, 2.75) is 58.4 Å². The van der Waals surface area contributed by atoms with Crippen LogP contribution >= 0.6 is 0 Å². The van der Waals surface area contributed by atoms with E-state index in [1.807, 2.05) is 19.1 Å². The number of nitrogens with zero attached hydrogens (tertiary/aromatic N) is 1. The number of phenols is 1. The fourth-order valence-electron chi connectivity index (χ4n) is 6.20. The number of anilines is 1. The molecule has 4 fully saturated rings. The molecular weight excluding hydrogens is 350 g/mol. The minimum atomic E-state index is -0.343. The van der Waals surface area contributed by atoms with Crippen molar-refractivity contribution < 1.29 is 9.90 Å². The van der Waals surface area contributed by atoms with Gasteiger partial charge in [0.1, 0.15) is 17.4 Å². The smallest absolute Gasteiger partial charge is 0.263 e. The van der Waals surface area contributed by atoms with Crippen LogP contribution in [-0.2, 0) is 4.79 Å². The van der Waals surface area contributed by atoms with Crippen LogP contribution in [0.1, 0.15) is 51.0 Å². The van der Waals surface area contributed by atoms with Gasteiger partial charge in [-0.25, -0.2) is 0 Å². The van der Waals surface area contributed by atoms with Crippen LogP contribution < -0.4 is 10.6 Å². The summed E-state index contributed by atoms with van der Waals surface area (Å²) in [5.74, 6) is 2.22. The molecule has 1 unspecified atom stereocenters. The first kappa shape index (κ1) is 18.9. The van der Waals surface area contributed by atoms with E-state index in [-0.39, 0.29) is 28.7 Å². The molecule has 0 saturated heterocycles. The average Bonchev–Trinajstić information content (AvgIpc) is 2.62. The van der Waals surface area contributed by atoms with Gasteiger partial charge in [0.15, 0.2) is 0 Å². The van der Waals surface area contributed by atoms with Gasteiger partial charge in [-0.3, -0.25) is 4.79 Å². The number of aromatic hydroxyl groups is 1. The van der Waals surface area contributed by atoms with Gasteiger partial charge >= 0.3 is 0 Å². The van der Waals surface area contributed by atoms with Crippen molar-refractivity contribution in [3.8, 4) is 11.8 Å². The van der Waals surface area contributed by atoms with Crippen molar-refractivity contribution in [2.75, 3.05) is 5.32 Å². The van der Waals surface area contributed by atoms with E-state index in [4.69, 9.17) is 0 Å². The maximum Gasteiger partial charge on any atom is 0.263 e. The summed E-state index contributed by atoms with van der Waals surface area (Å²) in [7, 11) is 0. The van der Waals surface area contributed by atoms with Crippen molar-refractivity contribution in [1.29, 1.82) is 5.26 Å². The number of phenolic OH excluding ortho intramolecular Hbond substituents is 1. The van der Waals surface area contributed by atoms with Gasteiger partial charge in [-0.2, -0.15) is 5.26 Å². The van der Waals surface area contributed by atoms with Crippen LogP contribution in [0.4, 0.5) is 5.69 Å². The molecule has 3 N–H and O–H groups in total. The second-order valence-electron chi connectivity index (χ2n) is 9.31. The van der Waals surface area contributed by atoms with Crippen molar-refractivity contribution in [3.63, 3.8) is 0 Å². The van der Waals surface area contributed by atoms with E-state index in [0.717, 1.165) is 23.3 Å². The van der Waals surface area contributed by atoms with Gasteiger partial charge in [-0.15, -0.1) is 0 Å². The van der Waals surface area contributed by atoms with E-state index in [0.29, 0.717) is 5.69 Å². The molecule has 4 bridgehead atoms. The first-order chi connectivity index (χ1) is 13.4. The maximum atomic E-state index is 12.7. The summed E-state index contributed by atoms with van der Waals surface area (Å²) in [5.41, 5.74) is 1.64. The summed E-state index contributed by atoms with van der Waals surface area (Å²) in [4.78, 5) is 12.7. The quantitative estimate of drug-likeness (QED) is 0.406. The maximum absolute atomic E-state index is 12.7. The van der Waals surface area contributed by atoms with E-state index in [1.165, 1.54) is 44.7 Å². The summed E-state index contributed by atoms with van der Waals surface area (Å²) in [6, 6.07) is 7.28. The third-order valence-electron chi connectivity index (χ3n) is 7.24. The molecule has 0 spiro atoms. The number of benzene rings is 1. The Balaban J connectivity index is 1.43. The highest BCUT2D eigenvalue weighted by molar-refractivity contribution is 5.97. The molecule has 0 radical (unpaired) electrons. The molecule has 1 aromatic rings.